The quantitative estimate of drug-likeness (QED) is 0.502. The van der Waals surface area contributed by atoms with Crippen molar-refractivity contribution in [3.63, 3.8) is 0 Å². The Balaban J connectivity index is 2.57. The average Bonchev–Trinajstić information content (AvgIpc) is 3.05. The lowest BCUT2D eigenvalue weighted by Crippen LogP contribution is -2.42. The second-order valence-electron chi connectivity index (χ2n) is 7.67. The largest absolute Gasteiger partial charge is 0.444 e. The van der Waals surface area contributed by atoms with Gasteiger partial charge in [0, 0.05) is 32.1 Å². The number of nitrogens with zero attached hydrogens (tertiary/aromatic N) is 3. The third-order valence-electron chi connectivity index (χ3n) is 3.47. The molecule has 166 valence electrons. The van der Waals surface area contributed by atoms with Crippen molar-refractivity contribution >= 4 is 23.4 Å². The number of ether oxygens (including phenoxy) is 1. The van der Waals surface area contributed by atoms with Gasteiger partial charge in [-0.05, 0) is 33.6 Å². The molecule has 2 N–H and O–H groups in total. The van der Waals surface area contributed by atoms with Crippen LogP contribution in [-0.2, 0) is 17.5 Å². The van der Waals surface area contributed by atoms with Crippen molar-refractivity contribution < 1.29 is 22.7 Å². The van der Waals surface area contributed by atoms with Gasteiger partial charge in [0.1, 0.15) is 10.6 Å². The van der Waals surface area contributed by atoms with Gasteiger partial charge in [0.05, 0.1) is 6.54 Å². The number of nitrogens with one attached hydrogen (secondary N) is 2. The van der Waals surface area contributed by atoms with E-state index in [9.17, 15) is 18.0 Å². The number of carbonyl (C=O) groups is 1. The van der Waals surface area contributed by atoms with Crippen LogP contribution in [0.5, 0.6) is 0 Å². The monoisotopic (exact) mass is 437 g/mol. The third kappa shape index (κ3) is 9.82. The Hall–Kier alpha value is -2.04. The first-order valence-corrected chi connectivity index (χ1v) is 10.2. The van der Waals surface area contributed by atoms with Crippen molar-refractivity contribution in [2.75, 3.05) is 26.7 Å². The third-order valence-corrected chi connectivity index (χ3v) is 4.30. The van der Waals surface area contributed by atoms with Crippen LogP contribution in [0.15, 0.2) is 10.4 Å². The van der Waals surface area contributed by atoms with Crippen molar-refractivity contribution in [1.82, 2.24) is 20.5 Å². The first kappa shape index (κ1) is 25.0. The number of aliphatic imine (C=N–C) groups is 1. The van der Waals surface area contributed by atoms with Gasteiger partial charge in [-0.25, -0.2) is 14.8 Å². The van der Waals surface area contributed by atoms with E-state index in [0.29, 0.717) is 25.6 Å². The van der Waals surface area contributed by atoms with Crippen LogP contribution in [0, 0.1) is 5.92 Å². The molecule has 0 aliphatic carbocycles. The molecular weight excluding hydrogens is 407 g/mol. The summed E-state index contributed by atoms with van der Waals surface area (Å²) in [7, 11) is 1.67. The minimum Gasteiger partial charge on any atom is -0.444 e. The number of rotatable bonds is 7. The van der Waals surface area contributed by atoms with Crippen LogP contribution in [0.3, 0.4) is 0 Å². The van der Waals surface area contributed by atoms with Gasteiger partial charge in [-0.1, -0.05) is 6.92 Å². The fraction of sp³-hybridized carbons (Fsp3) is 0.722. The number of amides is 1. The number of hydrogen-bond acceptors (Lipinski definition) is 5. The van der Waals surface area contributed by atoms with Gasteiger partial charge < -0.3 is 20.3 Å². The molecule has 0 aliphatic heterocycles. The molecule has 0 saturated heterocycles. The molecule has 0 spiro atoms. The van der Waals surface area contributed by atoms with E-state index >= 15 is 0 Å². The predicted molar refractivity (Wildman–Crippen MR) is 108 cm³/mol. The van der Waals surface area contributed by atoms with Gasteiger partial charge in [-0.15, -0.1) is 11.3 Å². The number of guanidine groups is 1. The molecule has 7 nitrogen and oxygen atoms in total. The van der Waals surface area contributed by atoms with Gasteiger partial charge in [-0.3, -0.25) is 0 Å². The van der Waals surface area contributed by atoms with E-state index in [1.165, 1.54) is 4.90 Å². The van der Waals surface area contributed by atoms with Crippen LogP contribution >= 0.6 is 11.3 Å². The molecule has 1 heterocycles. The van der Waals surface area contributed by atoms with E-state index in [4.69, 9.17) is 4.74 Å². The zero-order valence-corrected chi connectivity index (χ0v) is 18.5. The van der Waals surface area contributed by atoms with Crippen LogP contribution in [0.25, 0.3) is 0 Å². The number of aromatic nitrogens is 1. The second kappa shape index (κ2) is 10.7. The maximum atomic E-state index is 12.6. The van der Waals surface area contributed by atoms with Crippen LogP contribution in [-0.4, -0.2) is 54.2 Å². The first-order chi connectivity index (χ1) is 13.3. The Morgan fingerprint density at radius 3 is 2.52 bits per heavy atom. The number of hydrogen-bond donors (Lipinski definition) is 2. The SMILES string of the molecule is CCNC(=NCc1nc(C(F)(F)F)cs1)NCC(C)CN(C)C(=O)OC(C)(C)C. The molecule has 1 aromatic rings. The molecule has 0 fully saturated rings. The second-order valence-corrected chi connectivity index (χ2v) is 8.61. The van der Waals surface area contributed by atoms with Gasteiger partial charge >= 0.3 is 12.3 Å². The van der Waals surface area contributed by atoms with E-state index in [-0.39, 0.29) is 17.5 Å². The van der Waals surface area contributed by atoms with Gasteiger partial charge in [0.15, 0.2) is 11.7 Å². The maximum absolute atomic E-state index is 12.6. The van der Waals surface area contributed by atoms with Crippen LogP contribution < -0.4 is 10.6 Å². The Morgan fingerprint density at radius 1 is 1.34 bits per heavy atom. The first-order valence-electron chi connectivity index (χ1n) is 9.29. The Morgan fingerprint density at radius 2 is 2.00 bits per heavy atom. The number of thiazole rings is 1. The molecular formula is C18H30F3N5O2S. The molecule has 1 unspecified atom stereocenters. The molecule has 0 bridgehead atoms. The summed E-state index contributed by atoms with van der Waals surface area (Å²) >= 11 is 0.925. The number of halogens is 3. The predicted octanol–water partition coefficient (Wildman–Crippen LogP) is 3.72. The zero-order chi connectivity index (χ0) is 22.2. The van der Waals surface area contributed by atoms with Crippen molar-refractivity contribution in [3.8, 4) is 0 Å². The highest BCUT2D eigenvalue weighted by atomic mass is 32.1. The van der Waals surface area contributed by atoms with Gasteiger partial charge in [-0.2, -0.15) is 13.2 Å². The van der Waals surface area contributed by atoms with E-state index in [1.54, 1.807) is 7.05 Å². The van der Waals surface area contributed by atoms with Gasteiger partial charge in [0.2, 0.25) is 0 Å². The lowest BCUT2D eigenvalue weighted by Gasteiger charge is -2.26. The van der Waals surface area contributed by atoms with E-state index < -0.39 is 23.6 Å². The normalized spacial score (nSPS) is 13.8. The van der Waals surface area contributed by atoms with Crippen LogP contribution in [0.4, 0.5) is 18.0 Å². The topological polar surface area (TPSA) is 78.9 Å². The highest BCUT2D eigenvalue weighted by Crippen LogP contribution is 2.30. The molecule has 1 atom stereocenters. The van der Waals surface area contributed by atoms with Crippen LogP contribution in [0.1, 0.15) is 45.3 Å². The summed E-state index contributed by atoms with van der Waals surface area (Å²) in [6.07, 6.45) is -4.84. The maximum Gasteiger partial charge on any atom is 0.434 e. The summed E-state index contributed by atoms with van der Waals surface area (Å²) in [6.45, 7) is 10.9. The summed E-state index contributed by atoms with van der Waals surface area (Å²) in [5.74, 6) is 0.566. The molecule has 0 aliphatic rings. The van der Waals surface area contributed by atoms with Crippen molar-refractivity contribution in [3.05, 3.63) is 16.1 Å². The molecule has 1 aromatic heterocycles. The lowest BCUT2D eigenvalue weighted by molar-refractivity contribution is -0.140. The Labute approximate surface area is 173 Å². The van der Waals surface area contributed by atoms with E-state index in [0.717, 1.165) is 16.7 Å². The van der Waals surface area contributed by atoms with E-state index in [1.807, 2.05) is 34.6 Å². The summed E-state index contributed by atoms with van der Waals surface area (Å²) in [4.78, 5) is 21.4. The van der Waals surface area contributed by atoms with Gasteiger partial charge in [0.25, 0.3) is 0 Å². The fourth-order valence-corrected chi connectivity index (χ4v) is 2.94. The summed E-state index contributed by atoms with van der Waals surface area (Å²) in [5, 5.41) is 7.45. The fourth-order valence-electron chi connectivity index (χ4n) is 2.22. The molecule has 11 heteroatoms. The number of carbonyl (C=O) groups excluding carboxylic acids is 1. The summed E-state index contributed by atoms with van der Waals surface area (Å²) in [6, 6.07) is 0. The van der Waals surface area contributed by atoms with Crippen molar-refractivity contribution in [2.45, 2.75) is 52.9 Å². The van der Waals surface area contributed by atoms with Crippen LogP contribution in [0.2, 0.25) is 0 Å². The minimum absolute atomic E-state index is 0.0439. The molecule has 1 amide bonds. The summed E-state index contributed by atoms with van der Waals surface area (Å²) < 4.78 is 43.2. The van der Waals surface area contributed by atoms with E-state index in [2.05, 4.69) is 20.6 Å². The Kier molecular flexibility index (Phi) is 9.18. The smallest absolute Gasteiger partial charge is 0.434 e. The Bertz CT molecular complexity index is 686. The molecule has 0 saturated carbocycles. The minimum atomic E-state index is -4.45. The highest BCUT2D eigenvalue weighted by molar-refractivity contribution is 7.09. The van der Waals surface area contributed by atoms with Crippen molar-refractivity contribution in [1.29, 1.82) is 0 Å². The number of alkyl halides is 3. The molecule has 0 aromatic carbocycles. The lowest BCUT2D eigenvalue weighted by atomic mass is 10.1. The molecule has 29 heavy (non-hydrogen) atoms. The summed E-state index contributed by atoms with van der Waals surface area (Å²) in [5.41, 5.74) is -1.45. The average molecular weight is 438 g/mol. The molecule has 0 radical (unpaired) electrons. The zero-order valence-electron chi connectivity index (χ0n) is 17.7. The highest BCUT2D eigenvalue weighted by Gasteiger charge is 2.33. The van der Waals surface area contributed by atoms with Crippen molar-refractivity contribution in [2.24, 2.45) is 10.9 Å². The molecule has 1 rings (SSSR count). The standard InChI is InChI=1S/C18H30F3N5O2S/c1-7-22-15(24-9-14-25-13(11-29-14)18(19,20)21)23-8-12(2)10-26(6)16(27)28-17(3,4)5/h11-12H,7-10H2,1-6H3,(H2,22,23,24).